The molecule has 15 heteroatoms. The highest BCUT2D eigenvalue weighted by Crippen LogP contribution is 2.35. The zero-order valence-electron chi connectivity index (χ0n) is 23.5. The zero-order chi connectivity index (χ0) is 30.1. The predicted molar refractivity (Wildman–Crippen MR) is 155 cm³/mol. The first-order valence-corrected chi connectivity index (χ1v) is 12.9. The van der Waals surface area contributed by atoms with Crippen LogP contribution in [0.15, 0.2) is 53.2 Å². The fraction of sp³-hybridized carbons (Fsp3) is 0.296. The average Bonchev–Trinajstić information content (AvgIpc) is 3.38. The molecule has 3 aromatic heterocycles. The number of azo groups is 1. The van der Waals surface area contributed by atoms with Gasteiger partial charge in [0.25, 0.3) is 0 Å². The monoisotopic (exact) mass is 570 g/mol. The first-order valence-electron chi connectivity index (χ1n) is 12.9. The molecule has 0 aliphatic carbocycles. The molecule has 216 valence electrons. The maximum atomic E-state index is 11.2. The van der Waals surface area contributed by atoms with Crippen molar-refractivity contribution in [3.05, 3.63) is 59.7 Å². The van der Waals surface area contributed by atoms with Crippen molar-refractivity contribution in [3.8, 4) is 11.9 Å². The number of hydrogen-bond acceptors (Lipinski definition) is 13. The van der Waals surface area contributed by atoms with Crippen molar-refractivity contribution in [2.75, 3.05) is 36.2 Å². The second-order valence-corrected chi connectivity index (χ2v) is 9.29. The van der Waals surface area contributed by atoms with Crippen LogP contribution in [0.4, 0.5) is 34.8 Å². The molecule has 0 amide bonds. The number of aryl methyl sites for hydroxylation is 2. The van der Waals surface area contributed by atoms with Gasteiger partial charge in [0.1, 0.15) is 11.6 Å². The molecule has 0 aliphatic heterocycles. The molecule has 0 saturated heterocycles. The fourth-order valence-electron chi connectivity index (χ4n) is 3.86. The van der Waals surface area contributed by atoms with Crippen molar-refractivity contribution >= 4 is 40.7 Å². The summed E-state index contributed by atoms with van der Waals surface area (Å²) in [4.78, 5) is 28.7. The lowest BCUT2D eigenvalue weighted by molar-refractivity contribution is -0.136. The highest BCUT2D eigenvalue weighted by molar-refractivity contribution is 5.77. The number of ether oxygens (including phenoxy) is 1. The van der Waals surface area contributed by atoms with Gasteiger partial charge < -0.3 is 25.8 Å². The third kappa shape index (κ3) is 7.58. The SMILES string of the molecule is COCC(C)Nc1nc(Nc2ccc(C)cc2C)nc(NCCC(=O)O)c1N=Nc1nn(-c2cnccn2)cc1C#N. The smallest absolute Gasteiger partial charge is 0.305 e. The van der Waals surface area contributed by atoms with Gasteiger partial charge in [-0.15, -0.1) is 15.3 Å². The van der Waals surface area contributed by atoms with Crippen LogP contribution in [-0.4, -0.2) is 67.1 Å². The van der Waals surface area contributed by atoms with Crippen molar-refractivity contribution in [2.24, 2.45) is 10.2 Å². The summed E-state index contributed by atoms with van der Waals surface area (Å²) in [6.07, 6.45) is 5.83. The summed E-state index contributed by atoms with van der Waals surface area (Å²) < 4.78 is 6.65. The summed E-state index contributed by atoms with van der Waals surface area (Å²) in [6.45, 7) is 6.30. The van der Waals surface area contributed by atoms with Crippen molar-refractivity contribution in [1.29, 1.82) is 5.26 Å². The molecule has 1 unspecified atom stereocenters. The van der Waals surface area contributed by atoms with Crippen LogP contribution in [0.1, 0.15) is 30.0 Å². The summed E-state index contributed by atoms with van der Waals surface area (Å²) in [7, 11) is 1.58. The molecule has 4 aromatic rings. The van der Waals surface area contributed by atoms with Gasteiger partial charge in [-0.05, 0) is 32.4 Å². The van der Waals surface area contributed by atoms with E-state index in [1.54, 1.807) is 7.11 Å². The summed E-state index contributed by atoms with van der Waals surface area (Å²) in [5, 5.41) is 41.4. The molecule has 0 bridgehead atoms. The summed E-state index contributed by atoms with van der Waals surface area (Å²) in [6, 6.07) is 7.79. The van der Waals surface area contributed by atoms with E-state index in [0.29, 0.717) is 18.2 Å². The van der Waals surface area contributed by atoms with Gasteiger partial charge in [0.2, 0.25) is 11.8 Å². The number of hydrogen-bond donors (Lipinski definition) is 4. The maximum absolute atomic E-state index is 11.2. The molecule has 0 saturated carbocycles. The van der Waals surface area contributed by atoms with E-state index in [0.717, 1.165) is 16.8 Å². The van der Waals surface area contributed by atoms with Gasteiger partial charge in [-0.25, -0.2) is 9.67 Å². The number of carbonyl (C=O) groups is 1. The molecule has 0 spiro atoms. The lowest BCUT2D eigenvalue weighted by Crippen LogP contribution is -2.22. The Bertz CT molecular complexity index is 1610. The molecule has 0 aliphatic rings. The van der Waals surface area contributed by atoms with Crippen molar-refractivity contribution in [1.82, 2.24) is 29.7 Å². The number of carboxylic acids is 1. The number of nitrogens with zero attached hydrogens (tertiary/aromatic N) is 9. The number of nitrogens with one attached hydrogen (secondary N) is 3. The Morgan fingerprint density at radius 2 is 2.02 bits per heavy atom. The van der Waals surface area contributed by atoms with Crippen molar-refractivity contribution in [2.45, 2.75) is 33.2 Å². The van der Waals surface area contributed by atoms with E-state index in [4.69, 9.17) is 4.74 Å². The highest BCUT2D eigenvalue weighted by Gasteiger charge is 2.19. The van der Waals surface area contributed by atoms with Crippen LogP contribution in [0.25, 0.3) is 5.82 Å². The summed E-state index contributed by atoms with van der Waals surface area (Å²) in [5.41, 5.74) is 3.25. The van der Waals surface area contributed by atoms with E-state index in [1.807, 2.05) is 39.0 Å². The summed E-state index contributed by atoms with van der Waals surface area (Å²) >= 11 is 0. The van der Waals surface area contributed by atoms with Gasteiger partial charge >= 0.3 is 5.97 Å². The van der Waals surface area contributed by atoms with Gasteiger partial charge in [-0.3, -0.25) is 9.78 Å². The second kappa shape index (κ2) is 13.7. The Morgan fingerprint density at radius 1 is 1.21 bits per heavy atom. The fourth-order valence-corrected chi connectivity index (χ4v) is 3.86. The van der Waals surface area contributed by atoms with Gasteiger partial charge in [0.05, 0.1) is 25.4 Å². The zero-order valence-corrected chi connectivity index (χ0v) is 23.5. The van der Waals surface area contributed by atoms with E-state index in [9.17, 15) is 15.2 Å². The number of benzene rings is 1. The minimum absolute atomic E-state index is 0.0352. The van der Waals surface area contributed by atoms with Crippen LogP contribution >= 0.6 is 0 Å². The number of aromatic nitrogens is 6. The van der Waals surface area contributed by atoms with E-state index < -0.39 is 5.97 Å². The van der Waals surface area contributed by atoms with Crippen LogP contribution in [0.3, 0.4) is 0 Å². The molecule has 1 atom stereocenters. The molecule has 15 nitrogen and oxygen atoms in total. The van der Waals surface area contributed by atoms with Gasteiger partial charge in [-0.2, -0.15) is 15.2 Å². The third-order valence-corrected chi connectivity index (χ3v) is 5.79. The largest absolute Gasteiger partial charge is 0.481 e. The first-order chi connectivity index (χ1) is 20.3. The van der Waals surface area contributed by atoms with Gasteiger partial charge in [0, 0.05) is 37.8 Å². The minimum atomic E-state index is -0.978. The molecule has 0 radical (unpaired) electrons. The minimum Gasteiger partial charge on any atom is -0.481 e. The van der Waals surface area contributed by atoms with Crippen LogP contribution < -0.4 is 16.0 Å². The number of carboxylic acid groups (broad SMARTS) is 1. The number of aliphatic carboxylic acids is 1. The number of anilines is 4. The van der Waals surface area contributed by atoms with Crippen molar-refractivity contribution in [3.63, 3.8) is 0 Å². The third-order valence-electron chi connectivity index (χ3n) is 5.79. The Morgan fingerprint density at radius 3 is 2.71 bits per heavy atom. The normalized spacial score (nSPS) is 11.7. The molecule has 1 aromatic carbocycles. The number of methoxy groups -OCH3 is 1. The molecule has 4 rings (SSSR count). The average molecular weight is 571 g/mol. The first kappa shape index (κ1) is 29.5. The van der Waals surface area contributed by atoms with Crippen molar-refractivity contribution < 1.29 is 14.6 Å². The highest BCUT2D eigenvalue weighted by atomic mass is 16.5. The van der Waals surface area contributed by atoms with Crippen LogP contribution in [0.5, 0.6) is 0 Å². The standard InChI is InChI=1S/C27H30N12O3/c1-16-5-6-20(17(2)11-16)33-27-34-25(31-8-7-22(40)41)23(26(35-27)32-18(3)15-42-4)36-37-24-19(12-28)14-39(38-24)21-13-29-9-10-30-21/h5-6,9-11,13-14,18H,7-8,15H2,1-4H3,(H,40,41)(H3,31,32,33,34,35). The molecular formula is C27H30N12O3. The van der Waals surface area contributed by atoms with Crippen LogP contribution in [0.2, 0.25) is 0 Å². The quantitative estimate of drug-likeness (QED) is 0.165. The van der Waals surface area contributed by atoms with E-state index in [-0.39, 0.29) is 47.8 Å². The van der Waals surface area contributed by atoms with Gasteiger partial charge in [-0.1, -0.05) is 17.7 Å². The molecule has 4 N–H and O–H groups in total. The van der Waals surface area contributed by atoms with Gasteiger partial charge in [0.15, 0.2) is 23.1 Å². The second-order valence-electron chi connectivity index (χ2n) is 9.29. The van der Waals surface area contributed by atoms with E-state index in [2.05, 4.69) is 57.3 Å². The number of rotatable bonds is 13. The van der Waals surface area contributed by atoms with E-state index in [1.165, 1.54) is 29.5 Å². The maximum Gasteiger partial charge on any atom is 0.305 e. The molecule has 42 heavy (non-hydrogen) atoms. The summed E-state index contributed by atoms with van der Waals surface area (Å²) in [5.74, 6) is 0.223. The topological polar surface area (TPSA) is 201 Å². The lowest BCUT2D eigenvalue weighted by Gasteiger charge is -2.18. The molecule has 0 fully saturated rings. The predicted octanol–water partition coefficient (Wildman–Crippen LogP) is 4.43. The Labute approximate surface area is 241 Å². The molecular weight excluding hydrogens is 540 g/mol. The Balaban J connectivity index is 1.78. The Kier molecular flexibility index (Phi) is 9.64. The Hall–Kier alpha value is -5.49. The van der Waals surface area contributed by atoms with Crippen LogP contribution in [-0.2, 0) is 9.53 Å². The number of nitriles is 1. The lowest BCUT2D eigenvalue weighted by atomic mass is 10.1. The van der Waals surface area contributed by atoms with Crippen LogP contribution in [0, 0.1) is 25.2 Å². The molecule has 3 heterocycles. The van der Waals surface area contributed by atoms with E-state index >= 15 is 0 Å².